The molecule has 0 aromatic heterocycles. The molecule has 1 nitrogen and oxygen atoms in total. The van der Waals surface area contributed by atoms with Crippen LogP contribution in [0.4, 0.5) is 8.78 Å². The Hall–Kier alpha value is -2.03. The summed E-state index contributed by atoms with van der Waals surface area (Å²) in [6, 6.07) is 12.2. The molecule has 0 unspecified atom stereocenters. The van der Waals surface area contributed by atoms with Crippen LogP contribution < -0.4 is 0 Å². The second kappa shape index (κ2) is 6.61. The van der Waals surface area contributed by atoms with Crippen LogP contribution in [-0.4, -0.2) is 5.78 Å². The molecule has 0 atom stereocenters. The average Bonchev–Trinajstić information content (AvgIpc) is 2.46. The summed E-state index contributed by atoms with van der Waals surface area (Å²) in [5, 5.41) is 0. The topological polar surface area (TPSA) is 17.1 Å². The molecule has 0 saturated carbocycles. The number of ketones is 1. The molecule has 2 aromatic carbocycles. The van der Waals surface area contributed by atoms with Gasteiger partial charge in [0.15, 0.2) is 0 Å². The molecule has 0 heterocycles. The molecule has 0 amide bonds. The van der Waals surface area contributed by atoms with Crippen LogP contribution in [-0.2, 0) is 4.79 Å². The first-order chi connectivity index (χ1) is 9.97. The molecule has 0 aliphatic heterocycles. The molecule has 2 rings (SSSR count). The summed E-state index contributed by atoms with van der Waals surface area (Å²) in [6.07, 6.45) is 0.328. The van der Waals surface area contributed by atoms with Gasteiger partial charge in [0.1, 0.15) is 17.4 Å². The summed E-state index contributed by atoms with van der Waals surface area (Å²) in [6.45, 7) is 3.71. The number of Topliss-reactive ketones (excluding diaryl/α,β-unsaturated/α-hetero) is 1. The van der Waals surface area contributed by atoms with Crippen LogP contribution in [0.15, 0.2) is 48.5 Å². The normalized spacial score (nSPS) is 11.1. The summed E-state index contributed by atoms with van der Waals surface area (Å²) in [4.78, 5) is 12.1. The van der Waals surface area contributed by atoms with Gasteiger partial charge in [-0.05, 0) is 35.4 Å². The highest BCUT2D eigenvalue weighted by molar-refractivity contribution is 5.81. The van der Waals surface area contributed by atoms with E-state index < -0.39 is 0 Å². The number of benzene rings is 2. The maximum Gasteiger partial charge on any atom is 0.136 e. The highest BCUT2D eigenvalue weighted by Crippen LogP contribution is 2.29. The van der Waals surface area contributed by atoms with Gasteiger partial charge in [-0.2, -0.15) is 0 Å². The van der Waals surface area contributed by atoms with Gasteiger partial charge in [-0.1, -0.05) is 38.1 Å². The van der Waals surface area contributed by atoms with Gasteiger partial charge in [0.25, 0.3) is 0 Å². The van der Waals surface area contributed by atoms with Crippen molar-refractivity contribution in [2.45, 2.75) is 26.2 Å². The fourth-order valence-corrected chi connectivity index (χ4v) is 2.26. The Bertz CT molecular complexity index is 555. The molecule has 0 fully saturated rings. The van der Waals surface area contributed by atoms with E-state index in [9.17, 15) is 13.6 Å². The van der Waals surface area contributed by atoms with Crippen molar-refractivity contribution < 1.29 is 13.6 Å². The average molecular weight is 288 g/mol. The maximum absolute atomic E-state index is 13.1. The fourth-order valence-electron chi connectivity index (χ4n) is 2.26. The van der Waals surface area contributed by atoms with E-state index in [4.69, 9.17) is 0 Å². The zero-order valence-corrected chi connectivity index (χ0v) is 12.1. The second-order valence-corrected chi connectivity index (χ2v) is 5.48. The van der Waals surface area contributed by atoms with E-state index in [-0.39, 0.29) is 29.3 Å². The minimum Gasteiger partial charge on any atom is -0.299 e. The lowest BCUT2D eigenvalue weighted by Crippen LogP contribution is -2.13. The first-order valence-electron chi connectivity index (χ1n) is 7.01. The van der Waals surface area contributed by atoms with Crippen molar-refractivity contribution in [2.75, 3.05) is 0 Å². The van der Waals surface area contributed by atoms with Gasteiger partial charge in [-0.3, -0.25) is 4.79 Å². The zero-order valence-electron chi connectivity index (χ0n) is 12.1. The van der Waals surface area contributed by atoms with Crippen molar-refractivity contribution in [3.63, 3.8) is 0 Å². The molecule has 0 spiro atoms. The van der Waals surface area contributed by atoms with Crippen LogP contribution in [0.25, 0.3) is 0 Å². The molecule has 21 heavy (non-hydrogen) atoms. The zero-order chi connectivity index (χ0) is 15.4. The van der Waals surface area contributed by atoms with Gasteiger partial charge < -0.3 is 0 Å². The lowest BCUT2D eigenvalue weighted by molar-refractivity contribution is -0.122. The predicted octanol–water partition coefficient (Wildman–Crippen LogP) is 4.71. The molecule has 0 bridgehead atoms. The van der Waals surface area contributed by atoms with Crippen molar-refractivity contribution in [2.24, 2.45) is 5.92 Å². The standard InChI is InChI=1S/C18H18F2O/c1-12(2)18(21)11-17(13-3-7-15(19)8-4-13)14-5-9-16(20)10-6-14/h3-10,12,17H,11H2,1-2H3. The SMILES string of the molecule is CC(C)C(=O)CC(c1ccc(F)cc1)c1ccc(F)cc1. The number of hydrogen-bond donors (Lipinski definition) is 0. The Balaban J connectivity index is 2.36. The third-order valence-corrected chi connectivity index (χ3v) is 3.59. The highest BCUT2D eigenvalue weighted by Gasteiger charge is 2.20. The first-order valence-corrected chi connectivity index (χ1v) is 7.01. The van der Waals surface area contributed by atoms with Crippen molar-refractivity contribution in [3.05, 3.63) is 71.3 Å². The molecule has 2 aromatic rings. The molecule has 0 radical (unpaired) electrons. The van der Waals surface area contributed by atoms with Crippen LogP contribution in [0.2, 0.25) is 0 Å². The molecule has 110 valence electrons. The third kappa shape index (κ3) is 3.97. The Morgan fingerprint density at radius 1 is 0.857 bits per heavy atom. The number of carbonyl (C=O) groups is 1. The van der Waals surface area contributed by atoms with Crippen LogP contribution in [0.1, 0.15) is 37.3 Å². The van der Waals surface area contributed by atoms with E-state index in [1.807, 2.05) is 13.8 Å². The minimum atomic E-state index is -0.313. The van der Waals surface area contributed by atoms with Gasteiger partial charge in [0, 0.05) is 18.3 Å². The summed E-state index contributed by atoms with van der Waals surface area (Å²) in [5.74, 6) is -0.735. The Labute approximate surface area is 123 Å². The van der Waals surface area contributed by atoms with E-state index >= 15 is 0 Å². The second-order valence-electron chi connectivity index (χ2n) is 5.48. The van der Waals surface area contributed by atoms with Gasteiger partial charge in [0.2, 0.25) is 0 Å². The minimum absolute atomic E-state index is 0.0617. The van der Waals surface area contributed by atoms with E-state index in [0.29, 0.717) is 6.42 Å². The number of hydrogen-bond acceptors (Lipinski definition) is 1. The molecule has 0 N–H and O–H groups in total. The molecule has 0 aliphatic carbocycles. The van der Waals surface area contributed by atoms with Crippen LogP contribution in [0, 0.1) is 17.6 Å². The lowest BCUT2D eigenvalue weighted by Gasteiger charge is -2.18. The number of halogens is 2. The number of carbonyl (C=O) groups excluding carboxylic acids is 1. The predicted molar refractivity (Wildman–Crippen MR) is 79.1 cm³/mol. The molecule has 3 heteroatoms. The smallest absolute Gasteiger partial charge is 0.136 e. The quantitative estimate of drug-likeness (QED) is 0.778. The lowest BCUT2D eigenvalue weighted by atomic mass is 9.85. The molecule has 0 aliphatic rings. The monoisotopic (exact) mass is 288 g/mol. The van der Waals surface area contributed by atoms with Gasteiger partial charge in [-0.25, -0.2) is 8.78 Å². The Morgan fingerprint density at radius 2 is 1.24 bits per heavy atom. The van der Waals surface area contributed by atoms with Crippen molar-refractivity contribution in [1.82, 2.24) is 0 Å². The fraction of sp³-hybridized carbons (Fsp3) is 0.278. The summed E-state index contributed by atoms with van der Waals surface area (Å²) >= 11 is 0. The van der Waals surface area contributed by atoms with E-state index in [1.54, 1.807) is 24.3 Å². The van der Waals surface area contributed by atoms with E-state index in [2.05, 4.69) is 0 Å². The van der Waals surface area contributed by atoms with E-state index in [0.717, 1.165) is 11.1 Å². The van der Waals surface area contributed by atoms with Crippen LogP contribution in [0.5, 0.6) is 0 Å². The maximum atomic E-state index is 13.1. The summed E-state index contributed by atoms with van der Waals surface area (Å²) in [7, 11) is 0. The summed E-state index contributed by atoms with van der Waals surface area (Å²) in [5.41, 5.74) is 1.72. The Morgan fingerprint density at radius 3 is 1.57 bits per heavy atom. The molecular formula is C18H18F2O. The van der Waals surface area contributed by atoms with Crippen molar-refractivity contribution in [3.8, 4) is 0 Å². The third-order valence-electron chi connectivity index (χ3n) is 3.59. The highest BCUT2D eigenvalue weighted by atomic mass is 19.1. The summed E-state index contributed by atoms with van der Waals surface area (Å²) < 4.78 is 26.2. The van der Waals surface area contributed by atoms with Crippen molar-refractivity contribution in [1.29, 1.82) is 0 Å². The number of rotatable bonds is 5. The van der Waals surface area contributed by atoms with Gasteiger partial charge in [-0.15, -0.1) is 0 Å². The van der Waals surface area contributed by atoms with Crippen molar-refractivity contribution >= 4 is 5.78 Å². The Kier molecular flexibility index (Phi) is 4.84. The largest absolute Gasteiger partial charge is 0.299 e. The van der Waals surface area contributed by atoms with Gasteiger partial charge in [0.05, 0.1) is 0 Å². The van der Waals surface area contributed by atoms with Crippen LogP contribution >= 0.6 is 0 Å². The first kappa shape index (κ1) is 15.4. The van der Waals surface area contributed by atoms with Gasteiger partial charge >= 0.3 is 0 Å². The molecular weight excluding hydrogens is 270 g/mol. The molecule has 0 saturated heterocycles. The van der Waals surface area contributed by atoms with E-state index in [1.165, 1.54) is 24.3 Å². The van der Waals surface area contributed by atoms with Crippen LogP contribution in [0.3, 0.4) is 0 Å².